The summed E-state index contributed by atoms with van der Waals surface area (Å²) in [5.74, 6) is -18.6. The number of para-hydroxylation sites is 1. The highest BCUT2D eigenvalue weighted by Gasteiger charge is 2.49. The van der Waals surface area contributed by atoms with E-state index in [9.17, 15) is 82.8 Å². The number of carboxylic acid groups (broad SMARTS) is 2. The maximum atomic E-state index is 15.2. The van der Waals surface area contributed by atoms with Gasteiger partial charge < -0.3 is 90.4 Å². The van der Waals surface area contributed by atoms with E-state index in [0.717, 1.165) is 9.80 Å². The number of Topliss-reactive ketones (excluding diaryl/α,β-unsaturated/α-hetero) is 2. The highest BCUT2D eigenvalue weighted by Crippen LogP contribution is 2.43. The minimum absolute atomic E-state index is 0.0668. The van der Waals surface area contributed by atoms with Gasteiger partial charge in [0.1, 0.15) is 65.9 Å². The Balaban J connectivity index is 0.000000251. The molecule has 2 saturated carbocycles. The van der Waals surface area contributed by atoms with E-state index in [4.69, 9.17) is 24.6 Å². The number of likely N-dealkylation sites (N-methyl/N-ethyl adjacent to an activating group) is 4. The van der Waals surface area contributed by atoms with Crippen molar-refractivity contribution in [1.82, 2.24) is 50.4 Å². The number of aryl methyl sites for hydroxylation is 3. The van der Waals surface area contributed by atoms with Crippen LogP contribution in [0.2, 0.25) is 0 Å². The fourth-order valence-corrected chi connectivity index (χ4v) is 20.8. The van der Waals surface area contributed by atoms with Gasteiger partial charge in [0.25, 0.3) is 11.8 Å². The Morgan fingerprint density at radius 3 is 1.56 bits per heavy atom. The zero-order chi connectivity index (χ0) is 108. The molecule has 7 aromatic carbocycles. The molecule has 9 aromatic rings. The molecular weight excluding hydrogens is 1890 g/mol. The third-order valence-electron chi connectivity index (χ3n) is 29.0. The molecule has 2 saturated heterocycles. The van der Waals surface area contributed by atoms with E-state index in [1.807, 2.05) is 0 Å². The quantitative estimate of drug-likeness (QED) is 0.0193. The van der Waals surface area contributed by atoms with Crippen LogP contribution in [0.3, 0.4) is 0 Å². The first-order chi connectivity index (χ1) is 69.9. The van der Waals surface area contributed by atoms with Gasteiger partial charge >= 0.3 is 23.9 Å². The van der Waals surface area contributed by atoms with Gasteiger partial charge in [-0.15, -0.1) is 0 Å². The monoisotopic (exact) mass is 2020 g/mol. The fraction of sp³-hybridized carbons (Fsp3) is 0.407. The summed E-state index contributed by atoms with van der Waals surface area (Å²) in [5.41, 5.74) is 12.1. The van der Waals surface area contributed by atoms with Gasteiger partial charge in [-0.2, -0.15) is 4.57 Å². The van der Waals surface area contributed by atoms with Gasteiger partial charge in [0, 0.05) is 130 Å². The number of benzene rings is 8. The van der Waals surface area contributed by atoms with Crippen molar-refractivity contribution < 1.29 is 106 Å². The van der Waals surface area contributed by atoms with Crippen LogP contribution < -0.4 is 47.0 Å². The molecule has 3 aliphatic heterocycles. The maximum absolute atomic E-state index is 15.2. The Bertz CT molecular complexity index is 7060. The van der Waals surface area contributed by atoms with Gasteiger partial charge in [0.2, 0.25) is 52.1 Å². The lowest BCUT2D eigenvalue weighted by Gasteiger charge is -2.35. The van der Waals surface area contributed by atoms with E-state index in [0.29, 0.717) is 65.6 Å². The summed E-state index contributed by atoms with van der Waals surface area (Å²) >= 11 is 0. The lowest BCUT2D eigenvalue weighted by Crippen LogP contribution is -2.59. The SMILES string of the molecule is Cc1c2oc3c(C)ccc(C(=O)NC4C(=O)NC(C(C)C)C(=O)C5CCCC5C(=O)N(C)CC(=O)N(C)C(C(C)C)C(=O)OC4C)c3nc-2c(C(=O)NC2C(=O)NC(C(C)C)C(=O)C3CCCC3C(=O)N(C)CC(=O)N(C)C(C(C)C)C(=O)OC2C)c(N)c1=O.Cc1cc(C=Cc2ccc3cc(N(C)C)ccc3[n+]2C)c(C)n1-c1ccccc1.O=C(O)c1cc2ccccc2c(Cc2c(O)c(C(=O)O)cc3ccccc23)c1[O-]. The van der Waals surface area contributed by atoms with E-state index in [1.165, 1.54) is 128 Å². The summed E-state index contributed by atoms with van der Waals surface area (Å²) in [6, 6.07) is 34.6. The van der Waals surface area contributed by atoms with Crippen molar-refractivity contribution >= 4 is 150 Å². The van der Waals surface area contributed by atoms with Gasteiger partial charge in [-0.3, -0.25) is 52.7 Å². The number of nitrogen functional groups attached to an aromatic ring is 1. The van der Waals surface area contributed by atoms with Crippen molar-refractivity contribution in [3.8, 4) is 28.6 Å². The molecule has 4 fully saturated rings. The molecule has 15 rings (SSSR count). The second-order valence-electron chi connectivity index (χ2n) is 40.8. The molecule has 35 heteroatoms. The van der Waals surface area contributed by atoms with Crippen molar-refractivity contribution in [2.45, 2.75) is 190 Å². The highest BCUT2D eigenvalue weighted by molar-refractivity contribution is 6.11. The van der Waals surface area contributed by atoms with E-state index >= 15 is 9.59 Å². The molecule has 148 heavy (non-hydrogen) atoms. The number of fused-ring (bicyclic) bond motifs is 7. The van der Waals surface area contributed by atoms with Crippen molar-refractivity contribution in [2.75, 3.05) is 66.0 Å². The summed E-state index contributed by atoms with van der Waals surface area (Å²) in [6.45, 7) is 22.6. The number of aromatic nitrogens is 3. The Morgan fingerprint density at radius 2 is 1.06 bits per heavy atom. The number of nitrogens with one attached hydrogen (secondary N) is 4. The molecule has 2 aromatic heterocycles. The second kappa shape index (κ2) is 45.5. The number of aromatic hydroxyl groups is 1. The summed E-state index contributed by atoms with van der Waals surface area (Å²) in [6.07, 6.45) is 3.67. The van der Waals surface area contributed by atoms with Crippen LogP contribution in [-0.2, 0) is 70.9 Å². The van der Waals surface area contributed by atoms with E-state index in [2.05, 4.69) is 149 Å². The number of carbonyl (C=O) groups excluding carboxylic acids is 12. The topological polar surface area (TPSA) is 483 Å². The summed E-state index contributed by atoms with van der Waals surface area (Å²) in [7, 11) is 11.9. The number of phenols is 1. The predicted octanol–water partition coefficient (Wildman–Crippen LogP) is 11.8. The number of carbonyl (C=O) groups is 14. The molecule has 0 spiro atoms. The van der Waals surface area contributed by atoms with Crippen LogP contribution in [-0.4, -0.2) is 231 Å². The van der Waals surface area contributed by atoms with Crippen LogP contribution in [0.15, 0.2) is 149 Å². The van der Waals surface area contributed by atoms with Crippen LogP contribution in [0, 0.1) is 75.0 Å². The largest absolute Gasteiger partial charge is 0.872 e. The first-order valence-electron chi connectivity index (χ1n) is 49.8. The van der Waals surface area contributed by atoms with Crippen molar-refractivity contribution in [3.63, 3.8) is 0 Å². The number of cyclic esters (lactones) is 2. The number of hydrogen-bond donors (Lipinski definition) is 8. The molecule has 6 aliphatic rings. The smallest absolute Gasteiger partial charge is 0.339 e. The number of pyridine rings is 1. The van der Waals surface area contributed by atoms with Crippen molar-refractivity contribution in [1.29, 1.82) is 0 Å². The number of hydrogen-bond acceptors (Lipinski definition) is 23. The number of carboxylic acids is 2. The van der Waals surface area contributed by atoms with Crippen molar-refractivity contribution in [2.24, 2.45) is 54.4 Å². The number of ketones is 2. The number of rotatable bonds is 16. The highest BCUT2D eigenvalue weighted by atomic mass is 16.6. The average molecular weight is 2020 g/mol. The second-order valence-corrected chi connectivity index (χ2v) is 40.8. The number of aromatic carboxylic acids is 2. The minimum Gasteiger partial charge on any atom is -0.872 e. The van der Waals surface area contributed by atoms with Crippen molar-refractivity contribution in [3.05, 3.63) is 217 Å². The predicted molar refractivity (Wildman–Crippen MR) is 557 cm³/mol. The minimum atomic E-state index is -1.86. The van der Waals surface area contributed by atoms with E-state index in [-0.39, 0.29) is 62.4 Å². The van der Waals surface area contributed by atoms with Crippen LogP contribution >= 0.6 is 0 Å². The molecule has 35 nitrogen and oxygen atoms in total. The van der Waals surface area contributed by atoms with Crippen LogP contribution in [0.1, 0.15) is 194 Å². The third kappa shape index (κ3) is 22.6. The summed E-state index contributed by atoms with van der Waals surface area (Å²) < 4.78 is 22.9. The zero-order valence-electron chi connectivity index (χ0n) is 87.3. The molecule has 12 unspecified atom stereocenters. The van der Waals surface area contributed by atoms with Crippen LogP contribution in [0.25, 0.3) is 72.8 Å². The zero-order valence-corrected chi connectivity index (χ0v) is 87.3. The molecular formula is C113H131N13O22. The number of anilines is 2. The van der Waals surface area contributed by atoms with Gasteiger partial charge in [-0.1, -0.05) is 147 Å². The lowest BCUT2D eigenvalue weighted by molar-refractivity contribution is -0.646. The molecule has 8 amide bonds. The molecule has 9 N–H and O–H groups in total. The number of amides is 8. The summed E-state index contributed by atoms with van der Waals surface area (Å²) in [4.78, 5) is 222. The van der Waals surface area contributed by atoms with E-state index in [1.54, 1.807) is 111 Å². The molecule has 0 bridgehead atoms. The number of nitrogens with two attached hydrogens (primary N) is 1. The fourth-order valence-electron chi connectivity index (χ4n) is 20.8. The maximum Gasteiger partial charge on any atom is 0.339 e. The molecule has 0 radical (unpaired) electrons. The van der Waals surface area contributed by atoms with Crippen LogP contribution in [0.4, 0.5) is 11.4 Å². The first kappa shape index (κ1) is 110. The molecule has 780 valence electrons. The standard InChI is InChI=1S/C64H88N10O16.C26H28N3.C23H16O6/c1-27(2)44-53(78)35-19-17-21-37(35)61(84)71(13)25-40(75)73(15)50(29(5)6)63(86)88-33(11)46(59(82)67-44)69-57(80)39-24-23-31(9)55-48(39)66-49-42(43(65)52(77)32(10)56(49)90-55)58(81)70-47-34(12)89-64(87)51(30(7)8)74(16)41(76)26-72(14)62(85)38-22-18-20-36(38)54(79)45(28(3)4)68-60(47)83;1-19-17-21(20(2)29(19)24-9-7-6-8-10-24)11-13-23-14-12-22-18-25(27(3)4)15-16-26(22)28(23)5;24-20-16(14-7-3-1-5-12(14)9-18(20)22(26)27)11-17-15-8-4-2-6-13(15)10-19(21(17)25)23(28)29/h23-24,27-30,33-38,44-47,50-51H,17-22,25-26,65H2,1-16H3,(H,67,82)(H,68,83)(H,69,80)(H,70,81);6-18H,1-5H3;1-10,24-25H,11H2,(H,26,27)(H,28,29)/q;+1;/p-1. The molecule has 12 atom stereocenters. The van der Waals surface area contributed by atoms with E-state index < -0.39 is 220 Å². The normalized spacial score (nSPS) is 21.3. The molecule has 5 heterocycles. The van der Waals surface area contributed by atoms with Gasteiger partial charge in [0.05, 0.1) is 47.6 Å². The number of nitrogens with zero attached hydrogens (tertiary/aromatic N) is 8. The Kier molecular flexibility index (Phi) is 33.7. The first-order valence-corrected chi connectivity index (χ1v) is 49.8. The molecule has 3 aliphatic carbocycles. The van der Waals surface area contributed by atoms with Gasteiger partial charge in [0.15, 0.2) is 22.9 Å². The Labute approximate surface area is 857 Å². The average Bonchev–Trinajstić information content (AvgIpc) is 0.760. The van der Waals surface area contributed by atoms with Gasteiger partial charge in [-0.25, -0.2) is 24.2 Å². The lowest BCUT2D eigenvalue weighted by atomic mass is 9.83. The summed E-state index contributed by atoms with van der Waals surface area (Å²) in [5, 5.41) is 56.9. The Hall–Kier alpha value is -15.7. The number of esters is 2. The van der Waals surface area contributed by atoms with Gasteiger partial charge in [-0.05, 0) is 190 Å². The number of ether oxygens (including phenoxy) is 2. The van der Waals surface area contributed by atoms with Crippen LogP contribution in [0.5, 0.6) is 11.5 Å². The Morgan fingerprint density at radius 1 is 0.574 bits per heavy atom. The third-order valence-corrected chi connectivity index (χ3v) is 29.0.